The highest BCUT2D eigenvalue weighted by Gasteiger charge is 2.28. The maximum Gasteiger partial charge on any atom is 0.262 e. The highest BCUT2D eigenvalue weighted by molar-refractivity contribution is 6.10. The van der Waals surface area contributed by atoms with E-state index in [2.05, 4.69) is 9.88 Å². The molecule has 29 heavy (non-hydrogen) atoms. The number of carbonyl (C=O) groups is 1. The third-order valence-corrected chi connectivity index (χ3v) is 6.08. The van der Waals surface area contributed by atoms with Crippen molar-refractivity contribution in [1.82, 2.24) is 15.0 Å². The van der Waals surface area contributed by atoms with E-state index in [-0.39, 0.29) is 11.3 Å². The van der Waals surface area contributed by atoms with Crippen LogP contribution in [0.5, 0.6) is 0 Å². The lowest BCUT2D eigenvalue weighted by molar-refractivity contribution is 0.0972. The number of Topliss-reactive ketones (excluding diaryl/α,β-unsaturated/α-hetero) is 1. The number of hydrogen-bond donors (Lipinski definition) is 1. The summed E-state index contributed by atoms with van der Waals surface area (Å²) in [6.07, 6.45) is 5.43. The van der Waals surface area contributed by atoms with Crippen LogP contribution in [0.3, 0.4) is 0 Å². The summed E-state index contributed by atoms with van der Waals surface area (Å²) in [6, 6.07) is 7.89. The Bertz CT molecular complexity index is 1180. The van der Waals surface area contributed by atoms with E-state index in [1.807, 2.05) is 31.2 Å². The van der Waals surface area contributed by atoms with Crippen LogP contribution in [-0.4, -0.2) is 33.8 Å². The smallest absolute Gasteiger partial charge is 0.262 e. The van der Waals surface area contributed by atoms with Crippen LogP contribution in [0.4, 0.5) is 5.95 Å². The van der Waals surface area contributed by atoms with Crippen LogP contribution in [-0.2, 0) is 6.42 Å². The summed E-state index contributed by atoms with van der Waals surface area (Å²) in [5.41, 5.74) is 4.24. The van der Waals surface area contributed by atoms with Crippen molar-refractivity contribution in [2.45, 2.75) is 45.4 Å². The van der Waals surface area contributed by atoms with Crippen LogP contribution in [0.2, 0.25) is 0 Å². The van der Waals surface area contributed by atoms with Crippen molar-refractivity contribution in [3.8, 4) is 11.1 Å². The van der Waals surface area contributed by atoms with Crippen LogP contribution in [0.1, 0.15) is 53.7 Å². The highest BCUT2D eigenvalue weighted by Crippen LogP contribution is 2.36. The first-order chi connectivity index (χ1) is 14.1. The maximum atomic E-state index is 13.3. The number of aromatic nitrogens is 3. The molecule has 1 aromatic carbocycles. The number of piperidine rings is 1. The third kappa shape index (κ3) is 3.03. The van der Waals surface area contributed by atoms with Gasteiger partial charge in [0.2, 0.25) is 5.95 Å². The number of H-pyrrole nitrogens is 1. The molecule has 0 atom stereocenters. The van der Waals surface area contributed by atoms with Gasteiger partial charge in [0.15, 0.2) is 11.4 Å². The van der Waals surface area contributed by atoms with E-state index in [1.165, 1.54) is 6.42 Å². The Labute approximate surface area is 169 Å². The summed E-state index contributed by atoms with van der Waals surface area (Å²) < 4.78 is 0. The molecule has 148 valence electrons. The van der Waals surface area contributed by atoms with Gasteiger partial charge in [-0.25, -0.2) is 4.98 Å². The van der Waals surface area contributed by atoms with E-state index in [0.717, 1.165) is 55.6 Å². The normalized spacial score (nSPS) is 16.9. The summed E-state index contributed by atoms with van der Waals surface area (Å²) in [6.45, 7) is 3.79. The lowest BCUT2D eigenvalue weighted by atomic mass is 9.85. The first-order valence-corrected chi connectivity index (χ1v) is 10.4. The van der Waals surface area contributed by atoms with Crippen LogP contribution >= 0.6 is 0 Å². The molecule has 2 aliphatic rings. The zero-order valence-electron chi connectivity index (χ0n) is 16.6. The monoisotopic (exact) mass is 388 g/mol. The van der Waals surface area contributed by atoms with Crippen molar-refractivity contribution in [2.24, 2.45) is 0 Å². The Morgan fingerprint density at radius 1 is 0.931 bits per heavy atom. The summed E-state index contributed by atoms with van der Waals surface area (Å²) in [7, 11) is 0. The van der Waals surface area contributed by atoms with Gasteiger partial charge in [-0.1, -0.05) is 24.3 Å². The number of nitrogens with zero attached hydrogens (tertiary/aromatic N) is 3. The molecule has 6 heteroatoms. The minimum absolute atomic E-state index is 0.0680. The van der Waals surface area contributed by atoms with E-state index in [0.29, 0.717) is 34.5 Å². The molecule has 1 N–H and O–H groups in total. The zero-order chi connectivity index (χ0) is 20.0. The van der Waals surface area contributed by atoms with Gasteiger partial charge in [0.1, 0.15) is 0 Å². The van der Waals surface area contributed by atoms with E-state index in [4.69, 9.17) is 9.97 Å². The fourth-order valence-corrected chi connectivity index (χ4v) is 4.61. The van der Waals surface area contributed by atoms with Crippen molar-refractivity contribution < 1.29 is 4.79 Å². The molecule has 0 unspecified atom stereocenters. The van der Waals surface area contributed by atoms with Crippen molar-refractivity contribution in [1.29, 1.82) is 0 Å². The second-order valence-corrected chi connectivity index (χ2v) is 8.04. The Kier molecular flexibility index (Phi) is 4.42. The molecule has 3 heterocycles. The predicted molar refractivity (Wildman–Crippen MR) is 114 cm³/mol. The topological polar surface area (TPSA) is 79.0 Å². The quantitative estimate of drug-likeness (QED) is 0.722. The van der Waals surface area contributed by atoms with Crippen LogP contribution in [0.25, 0.3) is 22.2 Å². The molecule has 1 aliphatic heterocycles. The average Bonchev–Trinajstić information content (AvgIpc) is 2.73. The van der Waals surface area contributed by atoms with Gasteiger partial charge in [-0.3, -0.25) is 14.6 Å². The summed E-state index contributed by atoms with van der Waals surface area (Å²) >= 11 is 0. The lowest BCUT2D eigenvalue weighted by Crippen LogP contribution is -2.33. The lowest BCUT2D eigenvalue weighted by Gasteiger charge is -2.27. The molecule has 5 rings (SSSR count). The van der Waals surface area contributed by atoms with Gasteiger partial charge in [-0.15, -0.1) is 0 Å². The highest BCUT2D eigenvalue weighted by atomic mass is 16.1. The molecule has 1 fully saturated rings. The van der Waals surface area contributed by atoms with Crippen LogP contribution in [0, 0.1) is 6.92 Å². The molecule has 0 bridgehead atoms. The molecular weight excluding hydrogens is 364 g/mol. The van der Waals surface area contributed by atoms with Crippen LogP contribution in [0.15, 0.2) is 29.1 Å². The largest absolute Gasteiger partial charge is 0.342 e. The van der Waals surface area contributed by atoms with Crippen molar-refractivity contribution >= 4 is 22.8 Å². The zero-order valence-corrected chi connectivity index (χ0v) is 16.6. The number of fused-ring (bicyclic) bond motifs is 2. The summed E-state index contributed by atoms with van der Waals surface area (Å²) in [4.78, 5) is 40.7. The number of anilines is 1. The average molecular weight is 388 g/mol. The number of nitrogens with one attached hydrogen (secondary N) is 1. The molecule has 1 aliphatic carbocycles. The minimum Gasteiger partial charge on any atom is -0.342 e. The number of ketones is 1. The second kappa shape index (κ2) is 7.10. The standard InChI is InChI=1S/C23H24N4O2/c1-14-8-3-4-9-15(14)18-19-16(10-7-11-17(19)28)24-21-20(18)22(29)26-23(25-21)27-12-5-2-6-13-27/h3-4,8-9H,2,5-7,10-13H2,1H3,(H,24,25,26,29). The fourth-order valence-electron chi connectivity index (χ4n) is 4.61. The SMILES string of the molecule is Cc1ccccc1-c1c2c(nc3nc(N4CCCCC4)[nH]c(=O)c13)CCCC2=O. The van der Waals surface area contributed by atoms with Crippen molar-refractivity contribution in [3.05, 3.63) is 51.4 Å². The number of hydrogen-bond acceptors (Lipinski definition) is 5. The Morgan fingerprint density at radius 2 is 1.72 bits per heavy atom. The van der Waals surface area contributed by atoms with Gasteiger partial charge in [-0.05, 0) is 50.2 Å². The number of rotatable bonds is 2. The number of carbonyl (C=O) groups excluding carboxylic acids is 1. The Balaban J connectivity index is 1.83. The van der Waals surface area contributed by atoms with Gasteiger partial charge in [-0.2, -0.15) is 4.98 Å². The van der Waals surface area contributed by atoms with Gasteiger partial charge >= 0.3 is 0 Å². The van der Waals surface area contributed by atoms with E-state index >= 15 is 0 Å². The molecule has 2 aromatic heterocycles. The van der Waals surface area contributed by atoms with Gasteiger partial charge in [0.05, 0.1) is 11.1 Å². The molecular formula is C23H24N4O2. The second-order valence-electron chi connectivity index (χ2n) is 8.04. The fraction of sp³-hybridized carbons (Fsp3) is 0.391. The van der Waals surface area contributed by atoms with E-state index in [9.17, 15) is 9.59 Å². The first-order valence-electron chi connectivity index (χ1n) is 10.4. The Hall–Kier alpha value is -3.02. The summed E-state index contributed by atoms with van der Waals surface area (Å²) in [5.74, 6) is 0.658. The number of aromatic amines is 1. The van der Waals surface area contributed by atoms with E-state index in [1.54, 1.807) is 0 Å². The van der Waals surface area contributed by atoms with Gasteiger partial charge < -0.3 is 4.90 Å². The van der Waals surface area contributed by atoms with Crippen LogP contribution < -0.4 is 10.5 Å². The summed E-state index contributed by atoms with van der Waals surface area (Å²) in [5, 5.41) is 0.425. The molecule has 0 radical (unpaired) electrons. The van der Waals surface area contributed by atoms with E-state index < -0.39 is 0 Å². The Morgan fingerprint density at radius 3 is 2.52 bits per heavy atom. The molecule has 0 spiro atoms. The number of benzene rings is 1. The number of aryl methyl sites for hydroxylation is 2. The number of pyridine rings is 1. The third-order valence-electron chi connectivity index (χ3n) is 6.08. The van der Waals surface area contributed by atoms with Gasteiger partial charge in [0, 0.05) is 30.6 Å². The first kappa shape index (κ1) is 18.0. The minimum atomic E-state index is -0.220. The molecule has 3 aromatic rings. The maximum absolute atomic E-state index is 13.3. The molecule has 6 nitrogen and oxygen atoms in total. The van der Waals surface area contributed by atoms with Crippen molar-refractivity contribution in [2.75, 3.05) is 18.0 Å². The van der Waals surface area contributed by atoms with Crippen molar-refractivity contribution in [3.63, 3.8) is 0 Å². The predicted octanol–water partition coefficient (Wildman–Crippen LogP) is 3.80. The molecule has 0 saturated carbocycles. The molecule has 0 amide bonds. The van der Waals surface area contributed by atoms with Gasteiger partial charge in [0.25, 0.3) is 5.56 Å². The molecule has 1 saturated heterocycles.